The molecule has 1 fully saturated rings. The predicted octanol–water partition coefficient (Wildman–Crippen LogP) is 13.7. The lowest BCUT2D eigenvalue weighted by Gasteiger charge is -2.41. The monoisotopic (exact) mass is 1050 g/mol. The minimum atomic E-state index is -1.64. The molecule has 0 bridgehead atoms. The Morgan fingerprint density at radius 2 is 0.960 bits per heavy atom. The third kappa shape index (κ3) is 39.4. The number of carbonyl (C=O) groups is 2. The van der Waals surface area contributed by atoms with Gasteiger partial charge in [-0.1, -0.05) is 220 Å². The molecule has 1 aliphatic rings. The Morgan fingerprint density at radius 1 is 0.533 bits per heavy atom. The second-order valence-corrected chi connectivity index (χ2v) is 20.0. The number of aliphatic hydroxyl groups is 5. The standard InChI is InChI=1S/C64H107NO10/c1-4-7-10-13-16-19-22-24-26-28-29-30-32-34-37-40-43-46-49-52-59(69)75-62-61(71)60(70)58(53-66)74-64(62)73-54-55(56(67)50-47-44-41-38-35-21-18-15-12-9-6-3)65-63(72)57(68)51-48-45-42-39-36-33-31-27-25-23-20-17-14-11-8-5-2/h8,11,16-17,19-20,24-27,29-30,33,36,42,45,47,50,55-58,60-62,64,66-68,70-71H,4-7,9-10,12-15,18,21-23,28,31-32,34-35,37-41,43-44,46,48-49,51-54H2,1-3H3,(H,65,72)/b11-8-,19-16-,20-17-,26-24-,27-25-,30-29-,36-33-,45-42-,50-47+. The highest BCUT2D eigenvalue weighted by Crippen LogP contribution is 2.26. The van der Waals surface area contributed by atoms with Gasteiger partial charge in [0.2, 0.25) is 5.91 Å². The van der Waals surface area contributed by atoms with E-state index < -0.39 is 67.4 Å². The summed E-state index contributed by atoms with van der Waals surface area (Å²) in [6.07, 6.45) is 58.5. The molecule has 0 aromatic carbocycles. The number of amides is 1. The first-order valence-corrected chi connectivity index (χ1v) is 29.7. The van der Waals surface area contributed by atoms with Gasteiger partial charge in [0.25, 0.3) is 0 Å². The molecule has 11 nitrogen and oxygen atoms in total. The van der Waals surface area contributed by atoms with Crippen molar-refractivity contribution >= 4 is 11.9 Å². The van der Waals surface area contributed by atoms with Crippen LogP contribution in [0, 0.1) is 0 Å². The number of ether oxygens (including phenoxy) is 3. The molecule has 1 amide bonds. The van der Waals surface area contributed by atoms with E-state index in [0.717, 1.165) is 109 Å². The van der Waals surface area contributed by atoms with Crippen molar-refractivity contribution in [1.82, 2.24) is 5.32 Å². The molecule has 0 aromatic heterocycles. The lowest BCUT2D eigenvalue weighted by molar-refractivity contribution is -0.305. The highest BCUT2D eigenvalue weighted by Gasteiger charge is 2.47. The molecule has 1 saturated heterocycles. The Bertz CT molecular complexity index is 1630. The van der Waals surface area contributed by atoms with Gasteiger partial charge in [0.1, 0.15) is 24.4 Å². The maximum absolute atomic E-state index is 13.4. The Morgan fingerprint density at radius 3 is 1.47 bits per heavy atom. The summed E-state index contributed by atoms with van der Waals surface area (Å²) in [6, 6.07) is -1.06. The normalized spacial score (nSPS) is 20.0. The van der Waals surface area contributed by atoms with Crippen molar-refractivity contribution in [2.24, 2.45) is 0 Å². The van der Waals surface area contributed by atoms with E-state index in [1.807, 2.05) is 18.2 Å². The Hall–Kier alpha value is -3.68. The maximum Gasteiger partial charge on any atom is 0.306 e. The van der Waals surface area contributed by atoms with E-state index in [1.54, 1.807) is 6.08 Å². The lowest BCUT2D eigenvalue weighted by atomic mass is 9.99. The Balaban J connectivity index is 2.74. The smallest absolute Gasteiger partial charge is 0.306 e. The summed E-state index contributed by atoms with van der Waals surface area (Å²) >= 11 is 0. The Labute approximate surface area is 456 Å². The van der Waals surface area contributed by atoms with Crippen LogP contribution in [0.1, 0.15) is 220 Å². The van der Waals surface area contributed by atoms with E-state index >= 15 is 0 Å². The molecule has 8 unspecified atom stereocenters. The molecule has 1 heterocycles. The first kappa shape index (κ1) is 69.3. The zero-order valence-corrected chi connectivity index (χ0v) is 47.1. The molecule has 6 N–H and O–H groups in total. The minimum absolute atomic E-state index is 0.0963. The summed E-state index contributed by atoms with van der Waals surface area (Å²) in [6.45, 7) is 5.57. The van der Waals surface area contributed by atoms with Crippen LogP contribution in [0.15, 0.2) is 109 Å². The first-order valence-electron chi connectivity index (χ1n) is 29.7. The zero-order valence-electron chi connectivity index (χ0n) is 47.1. The second kappa shape index (κ2) is 51.1. The fourth-order valence-corrected chi connectivity index (χ4v) is 8.45. The van der Waals surface area contributed by atoms with Crippen LogP contribution in [0.25, 0.3) is 0 Å². The van der Waals surface area contributed by atoms with E-state index in [2.05, 4.69) is 111 Å². The third-order valence-corrected chi connectivity index (χ3v) is 13.2. The van der Waals surface area contributed by atoms with Gasteiger partial charge in [0, 0.05) is 6.42 Å². The highest BCUT2D eigenvalue weighted by atomic mass is 16.7. The van der Waals surface area contributed by atoms with Crippen LogP contribution in [0.3, 0.4) is 0 Å². The van der Waals surface area contributed by atoms with Crippen LogP contribution in [0.5, 0.6) is 0 Å². The SMILES string of the molecule is CC/C=C\C/C=C\C/C=C\C/C=C\C/C=C\CCC(O)C(=O)NC(COC1OC(CO)C(O)C(O)C1OC(=O)CCCCCCCC/C=C\C/C=C\C/C=C\CCCCC)C(O)/C=C/CCCCCCCCCCC. The van der Waals surface area contributed by atoms with Gasteiger partial charge < -0.3 is 45.1 Å². The molecule has 11 heteroatoms. The van der Waals surface area contributed by atoms with Crippen molar-refractivity contribution in [3.05, 3.63) is 109 Å². The van der Waals surface area contributed by atoms with Crippen molar-refractivity contribution in [1.29, 1.82) is 0 Å². The van der Waals surface area contributed by atoms with Crippen molar-refractivity contribution in [3.63, 3.8) is 0 Å². The van der Waals surface area contributed by atoms with Crippen molar-refractivity contribution < 1.29 is 49.3 Å². The average Bonchev–Trinajstić information content (AvgIpc) is 3.41. The average molecular weight is 1050 g/mol. The van der Waals surface area contributed by atoms with Crippen LogP contribution in [0.4, 0.5) is 0 Å². The summed E-state index contributed by atoms with van der Waals surface area (Å²) < 4.78 is 17.5. The summed E-state index contributed by atoms with van der Waals surface area (Å²) in [5.74, 6) is -1.28. The van der Waals surface area contributed by atoms with Gasteiger partial charge in [-0.2, -0.15) is 0 Å². The van der Waals surface area contributed by atoms with Gasteiger partial charge in [0.05, 0.1) is 25.4 Å². The second-order valence-electron chi connectivity index (χ2n) is 20.0. The Kier molecular flexibility index (Phi) is 47.2. The molecule has 0 saturated carbocycles. The van der Waals surface area contributed by atoms with Gasteiger partial charge in [-0.25, -0.2) is 0 Å². The number of aliphatic hydroxyl groups excluding tert-OH is 5. The number of unbranched alkanes of at least 4 members (excludes halogenated alkanes) is 18. The lowest BCUT2D eigenvalue weighted by Crippen LogP contribution is -2.61. The van der Waals surface area contributed by atoms with Crippen molar-refractivity contribution in [3.8, 4) is 0 Å². The molecule has 1 aliphatic heterocycles. The number of allylic oxidation sites excluding steroid dienone is 17. The van der Waals surface area contributed by atoms with E-state index in [9.17, 15) is 35.1 Å². The maximum atomic E-state index is 13.4. The highest BCUT2D eigenvalue weighted by molar-refractivity contribution is 5.80. The predicted molar refractivity (Wildman–Crippen MR) is 310 cm³/mol. The first-order chi connectivity index (χ1) is 36.7. The number of nitrogens with one attached hydrogen (secondary N) is 1. The quantitative estimate of drug-likeness (QED) is 0.0195. The molecular weight excluding hydrogens is 943 g/mol. The zero-order chi connectivity index (χ0) is 54.7. The van der Waals surface area contributed by atoms with Crippen LogP contribution in [0.2, 0.25) is 0 Å². The van der Waals surface area contributed by atoms with E-state index in [-0.39, 0.29) is 19.4 Å². The fourth-order valence-electron chi connectivity index (χ4n) is 8.45. The number of esters is 1. The van der Waals surface area contributed by atoms with Crippen LogP contribution in [-0.2, 0) is 23.8 Å². The molecule has 0 aliphatic carbocycles. The molecule has 8 atom stereocenters. The van der Waals surface area contributed by atoms with Gasteiger partial charge in [-0.3, -0.25) is 9.59 Å². The number of hydrogen-bond donors (Lipinski definition) is 6. The minimum Gasteiger partial charge on any atom is -0.454 e. The van der Waals surface area contributed by atoms with Crippen LogP contribution >= 0.6 is 0 Å². The summed E-state index contributed by atoms with van der Waals surface area (Å²) in [5.41, 5.74) is 0. The van der Waals surface area contributed by atoms with E-state index in [1.165, 1.54) is 64.2 Å². The van der Waals surface area contributed by atoms with Crippen molar-refractivity contribution in [2.75, 3.05) is 13.2 Å². The largest absolute Gasteiger partial charge is 0.454 e. The van der Waals surface area contributed by atoms with Gasteiger partial charge in [-0.15, -0.1) is 0 Å². The molecular formula is C64H107NO10. The molecule has 0 aromatic rings. The number of hydrogen-bond acceptors (Lipinski definition) is 10. The van der Waals surface area contributed by atoms with Crippen molar-refractivity contribution in [2.45, 2.75) is 269 Å². The summed E-state index contributed by atoms with van der Waals surface area (Å²) in [5, 5.41) is 56.8. The summed E-state index contributed by atoms with van der Waals surface area (Å²) in [4.78, 5) is 26.5. The third-order valence-electron chi connectivity index (χ3n) is 13.2. The number of rotatable bonds is 48. The van der Waals surface area contributed by atoms with E-state index in [0.29, 0.717) is 12.8 Å². The topological polar surface area (TPSA) is 175 Å². The summed E-state index contributed by atoms with van der Waals surface area (Å²) in [7, 11) is 0. The molecule has 0 spiro atoms. The van der Waals surface area contributed by atoms with Crippen LogP contribution in [-0.4, -0.2) is 99.6 Å². The van der Waals surface area contributed by atoms with E-state index in [4.69, 9.17) is 14.2 Å². The molecule has 0 radical (unpaired) electrons. The van der Waals surface area contributed by atoms with Gasteiger partial charge in [0.15, 0.2) is 12.4 Å². The molecule has 428 valence electrons. The number of carbonyl (C=O) groups excluding carboxylic acids is 2. The van der Waals surface area contributed by atoms with Gasteiger partial charge >= 0.3 is 5.97 Å². The molecule has 75 heavy (non-hydrogen) atoms. The van der Waals surface area contributed by atoms with Crippen LogP contribution < -0.4 is 5.32 Å². The fraction of sp³-hybridized carbons (Fsp3) is 0.688. The van der Waals surface area contributed by atoms with Gasteiger partial charge in [-0.05, 0) is 103 Å². The molecule has 1 rings (SSSR count).